The van der Waals surface area contributed by atoms with E-state index in [0.29, 0.717) is 34.0 Å². The Morgan fingerprint density at radius 2 is 1.90 bits per heavy atom. The van der Waals surface area contributed by atoms with Crippen molar-refractivity contribution < 1.29 is 18.3 Å². The van der Waals surface area contributed by atoms with Gasteiger partial charge in [-0.05, 0) is 12.1 Å². The maximum absolute atomic E-state index is 12.3. The van der Waals surface area contributed by atoms with E-state index in [1.807, 2.05) is 0 Å². The van der Waals surface area contributed by atoms with E-state index in [-0.39, 0.29) is 5.43 Å². The first kappa shape index (κ1) is 12.3. The van der Waals surface area contributed by atoms with Gasteiger partial charge in [0.15, 0.2) is 16.9 Å². The molecule has 0 aliphatic carbocycles. The molecule has 0 aliphatic rings. The van der Waals surface area contributed by atoms with E-state index in [1.54, 1.807) is 24.3 Å². The molecule has 5 nitrogen and oxygen atoms in total. The van der Waals surface area contributed by atoms with Crippen LogP contribution < -0.4 is 14.9 Å². The van der Waals surface area contributed by atoms with Crippen molar-refractivity contribution in [3.05, 3.63) is 46.8 Å². The third-order valence-corrected chi connectivity index (χ3v) is 2.99. The van der Waals surface area contributed by atoms with Crippen LogP contribution in [0.5, 0.6) is 11.5 Å². The van der Waals surface area contributed by atoms with Gasteiger partial charge in [-0.1, -0.05) is 0 Å². The van der Waals surface area contributed by atoms with Crippen LogP contribution in [0.2, 0.25) is 0 Å². The van der Waals surface area contributed by atoms with Gasteiger partial charge in [-0.2, -0.15) is 0 Å². The van der Waals surface area contributed by atoms with E-state index in [4.69, 9.17) is 18.3 Å². The zero-order valence-corrected chi connectivity index (χ0v) is 11.0. The van der Waals surface area contributed by atoms with E-state index < -0.39 is 0 Å². The van der Waals surface area contributed by atoms with Gasteiger partial charge in [0, 0.05) is 18.2 Å². The van der Waals surface area contributed by atoms with Gasteiger partial charge in [0.2, 0.25) is 0 Å². The Bertz CT molecular complexity index is 799. The molecule has 0 fully saturated rings. The highest BCUT2D eigenvalue weighted by molar-refractivity contribution is 5.86. The monoisotopic (exact) mass is 272 g/mol. The summed E-state index contributed by atoms with van der Waals surface area (Å²) < 4.78 is 21.3. The topological polar surface area (TPSA) is 61.8 Å². The summed E-state index contributed by atoms with van der Waals surface area (Å²) in [5.41, 5.74) is 0.192. The molecule has 20 heavy (non-hydrogen) atoms. The number of fused-ring (bicyclic) bond motifs is 1. The van der Waals surface area contributed by atoms with Crippen molar-refractivity contribution in [3.8, 4) is 23.0 Å². The minimum atomic E-state index is -0.197. The second kappa shape index (κ2) is 4.77. The lowest BCUT2D eigenvalue weighted by molar-refractivity contribution is 0.396. The number of benzene rings is 1. The second-order valence-electron chi connectivity index (χ2n) is 4.15. The number of methoxy groups -OCH3 is 2. The maximum atomic E-state index is 12.3. The van der Waals surface area contributed by atoms with Crippen LogP contribution in [0.25, 0.3) is 22.5 Å². The van der Waals surface area contributed by atoms with Gasteiger partial charge >= 0.3 is 0 Å². The molecule has 0 aliphatic heterocycles. The van der Waals surface area contributed by atoms with Crippen LogP contribution in [0.15, 0.2) is 50.2 Å². The zero-order chi connectivity index (χ0) is 14.1. The van der Waals surface area contributed by atoms with Gasteiger partial charge in [0.05, 0.1) is 20.5 Å². The number of furan rings is 1. The molecule has 0 bridgehead atoms. The van der Waals surface area contributed by atoms with Crippen LogP contribution in [-0.4, -0.2) is 14.2 Å². The van der Waals surface area contributed by atoms with Crippen LogP contribution in [0.4, 0.5) is 0 Å². The molecule has 0 atom stereocenters. The Hall–Kier alpha value is -2.69. The third kappa shape index (κ3) is 1.93. The first-order valence-electron chi connectivity index (χ1n) is 5.96. The van der Waals surface area contributed by atoms with Crippen LogP contribution in [-0.2, 0) is 0 Å². The standard InChI is InChI=1S/C15H12O5/c1-17-9-6-13(18-2)15-10(16)8-12(20-14(15)7-9)11-4-3-5-19-11/h3-8H,1-2H3. The lowest BCUT2D eigenvalue weighted by atomic mass is 10.2. The highest BCUT2D eigenvalue weighted by Crippen LogP contribution is 2.31. The van der Waals surface area contributed by atoms with Crippen LogP contribution in [0.3, 0.4) is 0 Å². The van der Waals surface area contributed by atoms with E-state index in [1.165, 1.54) is 26.5 Å². The summed E-state index contributed by atoms with van der Waals surface area (Å²) in [5.74, 6) is 1.82. The van der Waals surface area contributed by atoms with Crippen molar-refractivity contribution in [1.82, 2.24) is 0 Å². The molecule has 0 saturated carbocycles. The maximum Gasteiger partial charge on any atom is 0.197 e. The average Bonchev–Trinajstić information content (AvgIpc) is 2.99. The second-order valence-corrected chi connectivity index (χ2v) is 4.15. The Morgan fingerprint density at radius 3 is 2.55 bits per heavy atom. The summed E-state index contributed by atoms with van der Waals surface area (Å²) in [6, 6.07) is 8.13. The number of hydrogen-bond acceptors (Lipinski definition) is 5. The SMILES string of the molecule is COc1cc(OC)c2c(=O)cc(-c3ccco3)oc2c1. The quantitative estimate of drug-likeness (QED) is 0.733. The summed E-state index contributed by atoms with van der Waals surface area (Å²) in [6.45, 7) is 0. The highest BCUT2D eigenvalue weighted by Gasteiger charge is 2.14. The Labute approximate surface area is 114 Å². The first-order valence-corrected chi connectivity index (χ1v) is 5.96. The van der Waals surface area contributed by atoms with Crippen molar-refractivity contribution >= 4 is 11.0 Å². The molecule has 2 heterocycles. The van der Waals surface area contributed by atoms with Crippen molar-refractivity contribution in [2.75, 3.05) is 14.2 Å². The minimum Gasteiger partial charge on any atom is -0.496 e. The van der Waals surface area contributed by atoms with Gasteiger partial charge in [-0.3, -0.25) is 4.79 Å². The third-order valence-electron chi connectivity index (χ3n) is 2.99. The fourth-order valence-electron chi connectivity index (χ4n) is 2.05. The van der Waals surface area contributed by atoms with E-state index in [2.05, 4.69) is 0 Å². The Morgan fingerprint density at radius 1 is 1.05 bits per heavy atom. The molecule has 0 radical (unpaired) electrons. The number of rotatable bonds is 3. The molecule has 0 saturated heterocycles. The summed E-state index contributed by atoms with van der Waals surface area (Å²) >= 11 is 0. The van der Waals surface area contributed by atoms with Crippen molar-refractivity contribution in [3.63, 3.8) is 0 Å². The largest absolute Gasteiger partial charge is 0.496 e. The van der Waals surface area contributed by atoms with Gasteiger partial charge in [-0.15, -0.1) is 0 Å². The molecule has 0 spiro atoms. The van der Waals surface area contributed by atoms with Crippen LogP contribution in [0.1, 0.15) is 0 Å². The fourth-order valence-corrected chi connectivity index (χ4v) is 2.05. The van der Waals surface area contributed by atoms with Crippen molar-refractivity contribution in [2.45, 2.75) is 0 Å². The average molecular weight is 272 g/mol. The van der Waals surface area contributed by atoms with Crippen LogP contribution >= 0.6 is 0 Å². The molecule has 102 valence electrons. The molecule has 3 aromatic rings. The Kier molecular flexibility index (Phi) is 2.95. The van der Waals surface area contributed by atoms with Gasteiger partial charge in [0.25, 0.3) is 0 Å². The fraction of sp³-hybridized carbons (Fsp3) is 0.133. The summed E-state index contributed by atoms with van der Waals surface area (Å²) in [7, 11) is 3.03. The van der Waals surface area contributed by atoms with E-state index in [0.717, 1.165) is 0 Å². The summed E-state index contributed by atoms with van der Waals surface area (Å²) in [5, 5.41) is 0.378. The van der Waals surface area contributed by atoms with E-state index >= 15 is 0 Å². The van der Waals surface area contributed by atoms with Gasteiger partial charge < -0.3 is 18.3 Å². The van der Waals surface area contributed by atoms with Crippen molar-refractivity contribution in [2.24, 2.45) is 0 Å². The molecule has 0 N–H and O–H groups in total. The molecule has 2 aromatic heterocycles. The molecule has 0 amide bonds. The van der Waals surface area contributed by atoms with E-state index in [9.17, 15) is 4.79 Å². The summed E-state index contributed by atoms with van der Waals surface area (Å²) in [4.78, 5) is 12.3. The number of hydrogen-bond donors (Lipinski definition) is 0. The number of ether oxygens (including phenoxy) is 2. The van der Waals surface area contributed by atoms with Crippen LogP contribution in [0, 0.1) is 0 Å². The molecular weight excluding hydrogens is 260 g/mol. The zero-order valence-electron chi connectivity index (χ0n) is 11.0. The molecule has 5 heteroatoms. The smallest absolute Gasteiger partial charge is 0.197 e. The summed E-state index contributed by atoms with van der Waals surface area (Å²) in [6.07, 6.45) is 1.52. The van der Waals surface area contributed by atoms with Gasteiger partial charge in [0.1, 0.15) is 22.5 Å². The first-order chi connectivity index (χ1) is 9.72. The highest BCUT2D eigenvalue weighted by atomic mass is 16.5. The van der Waals surface area contributed by atoms with Crippen molar-refractivity contribution in [1.29, 1.82) is 0 Å². The molecule has 1 aromatic carbocycles. The molecule has 3 rings (SSSR count). The minimum absolute atomic E-state index is 0.197. The van der Waals surface area contributed by atoms with Gasteiger partial charge in [-0.25, -0.2) is 0 Å². The lowest BCUT2D eigenvalue weighted by Crippen LogP contribution is -2.03. The molecular formula is C15H12O5. The Balaban J connectivity index is 2.33. The lowest BCUT2D eigenvalue weighted by Gasteiger charge is -2.08. The molecule has 0 unspecified atom stereocenters. The predicted octanol–water partition coefficient (Wildman–Crippen LogP) is 3.07. The normalized spacial score (nSPS) is 10.7. The predicted molar refractivity (Wildman–Crippen MR) is 73.3 cm³/mol.